The van der Waals surface area contributed by atoms with E-state index in [0.29, 0.717) is 12.1 Å². The molecule has 0 aliphatic heterocycles. The molecule has 0 fully saturated rings. The second kappa shape index (κ2) is 5.26. The number of carbonyl (C=O) groups is 1. The molecule has 0 aromatic carbocycles. The molecule has 2 aromatic rings. The van der Waals surface area contributed by atoms with Gasteiger partial charge in [0.05, 0.1) is 17.8 Å². The summed E-state index contributed by atoms with van der Waals surface area (Å²) in [4.78, 5) is 20.3. The van der Waals surface area contributed by atoms with Crippen molar-refractivity contribution in [2.45, 2.75) is 12.5 Å². The zero-order valence-corrected chi connectivity index (χ0v) is 10.8. The van der Waals surface area contributed by atoms with Crippen LogP contribution in [0.2, 0.25) is 0 Å². The second-order valence-corrected chi connectivity index (χ2v) is 4.76. The van der Waals surface area contributed by atoms with Gasteiger partial charge in [-0.2, -0.15) is 0 Å². The number of nitrogens with one attached hydrogen (secondary N) is 1. The lowest BCUT2D eigenvalue weighted by Crippen LogP contribution is -2.24. The van der Waals surface area contributed by atoms with Crippen molar-refractivity contribution in [2.75, 3.05) is 5.32 Å². The van der Waals surface area contributed by atoms with Crippen molar-refractivity contribution in [3.05, 3.63) is 49.2 Å². The van der Waals surface area contributed by atoms with Crippen LogP contribution >= 0.6 is 0 Å². The summed E-state index contributed by atoms with van der Waals surface area (Å²) in [6.45, 7) is 0. The van der Waals surface area contributed by atoms with Gasteiger partial charge in [-0.05, 0) is 18.6 Å². The standard InChI is InChI=1S/C14H15N5O/c15-11-2-1-10(7-11)14(20)18-12-3-4-13(17-8-12)19-6-5-16-9-19/h1-6,8-11H,7,15H2,(H,18,20). The third-order valence-electron chi connectivity index (χ3n) is 3.24. The van der Waals surface area contributed by atoms with Gasteiger partial charge in [-0.3, -0.25) is 9.36 Å². The van der Waals surface area contributed by atoms with Crippen LogP contribution in [-0.4, -0.2) is 26.5 Å². The fourth-order valence-corrected chi connectivity index (χ4v) is 2.16. The highest BCUT2D eigenvalue weighted by Crippen LogP contribution is 2.19. The van der Waals surface area contributed by atoms with Gasteiger partial charge in [0.1, 0.15) is 12.1 Å². The van der Waals surface area contributed by atoms with Crippen LogP contribution in [0.3, 0.4) is 0 Å². The Morgan fingerprint density at radius 1 is 1.40 bits per heavy atom. The van der Waals surface area contributed by atoms with Crippen LogP contribution in [0, 0.1) is 5.92 Å². The smallest absolute Gasteiger partial charge is 0.231 e. The Balaban J connectivity index is 1.66. The van der Waals surface area contributed by atoms with Crippen molar-refractivity contribution in [3.8, 4) is 5.82 Å². The molecule has 1 amide bonds. The number of pyridine rings is 1. The van der Waals surface area contributed by atoms with Gasteiger partial charge >= 0.3 is 0 Å². The lowest BCUT2D eigenvalue weighted by Gasteiger charge is -2.10. The number of anilines is 1. The summed E-state index contributed by atoms with van der Waals surface area (Å²) < 4.78 is 1.80. The molecule has 2 atom stereocenters. The van der Waals surface area contributed by atoms with E-state index in [-0.39, 0.29) is 17.9 Å². The average Bonchev–Trinajstić information content (AvgIpc) is 3.10. The summed E-state index contributed by atoms with van der Waals surface area (Å²) >= 11 is 0. The summed E-state index contributed by atoms with van der Waals surface area (Å²) in [7, 11) is 0. The molecule has 1 aliphatic rings. The number of carbonyl (C=O) groups excluding carboxylic acids is 1. The summed E-state index contributed by atoms with van der Waals surface area (Å²) in [6, 6.07) is 3.62. The number of nitrogens with two attached hydrogens (primary N) is 1. The van der Waals surface area contributed by atoms with E-state index in [1.54, 1.807) is 23.3 Å². The predicted molar refractivity (Wildman–Crippen MR) is 75.2 cm³/mol. The molecule has 1 aliphatic carbocycles. The lowest BCUT2D eigenvalue weighted by atomic mass is 10.1. The van der Waals surface area contributed by atoms with Gasteiger partial charge in [0.25, 0.3) is 0 Å². The normalized spacial score (nSPS) is 21.1. The minimum absolute atomic E-state index is 0.0208. The molecule has 3 N–H and O–H groups in total. The number of hydrogen-bond acceptors (Lipinski definition) is 4. The van der Waals surface area contributed by atoms with E-state index in [1.807, 2.05) is 30.5 Å². The van der Waals surface area contributed by atoms with E-state index in [4.69, 9.17) is 5.73 Å². The first-order chi connectivity index (χ1) is 9.72. The highest BCUT2D eigenvalue weighted by Gasteiger charge is 2.22. The molecular weight excluding hydrogens is 254 g/mol. The number of nitrogens with zero attached hydrogens (tertiary/aromatic N) is 3. The molecule has 0 bridgehead atoms. The van der Waals surface area contributed by atoms with Crippen molar-refractivity contribution in [1.82, 2.24) is 14.5 Å². The topological polar surface area (TPSA) is 85.8 Å². The number of aromatic nitrogens is 3. The maximum atomic E-state index is 12.0. The van der Waals surface area contributed by atoms with Gasteiger partial charge in [-0.1, -0.05) is 12.2 Å². The summed E-state index contributed by atoms with van der Waals surface area (Å²) in [6.07, 6.45) is 11.2. The number of imidazole rings is 1. The SMILES string of the molecule is NC1C=CC(C(=O)Nc2ccc(-n3ccnc3)nc2)C1. The molecule has 0 radical (unpaired) electrons. The average molecular weight is 269 g/mol. The Hall–Kier alpha value is -2.47. The Kier molecular flexibility index (Phi) is 3.30. The molecule has 2 unspecified atom stereocenters. The van der Waals surface area contributed by atoms with Crippen molar-refractivity contribution < 1.29 is 4.79 Å². The van der Waals surface area contributed by atoms with Crippen LogP contribution in [0.15, 0.2) is 49.2 Å². The molecule has 20 heavy (non-hydrogen) atoms. The van der Waals surface area contributed by atoms with Gasteiger partial charge in [0.2, 0.25) is 5.91 Å². The number of hydrogen-bond donors (Lipinski definition) is 2. The van der Waals surface area contributed by atoms with E-state index in [0.717, 1.165) is 5.82 Å². The molecule has 2 heterocycles. The minimum atomic E-state index is -0.154. The zero-order valence-electron chi connectivity index (χ0n) is 10.8. The van der Waals surface area contributed by atoms with E-state index >= 15 is 0 Å². The monoisotopic (exact) mass is 269 g/mol. The van der Waals surface area contributed by atoms with Crippen LogP contribution in [0.25, 0.3) is 5.82 Å². The second-order valence-electron chi connectivity index (χ2n) is 4.76. The van der Waals surface area contributed by atoms with Crippen molar-refractivity contribution in [3.63, 3.8) is 0 Å². The molecular formula is C14H15N5O. The Labute approximate surface area is 116 Å². The van der Waals surface area contributed by atoms with Gasteiger partial charge in [0, 0.05) is 18.4 Å². The Morgan fingerprint density at radius 2 is 2.30 bits per heavy atom. The van der Waals surface area contributed by atoms with Gasteiger partial charge < -0.3 is 11.1 Å². The summed E-state index contributed by atoms with van der Waals surface area (Å²) in [5.74, 6) is 0.549. The maximum absolute atomic E-state index is 12.0. The first-order valence-corrected chi connectivity index (χ1v) is 6.41. The number of rotatable bonds is 3. The minimum Gasteiger partial charge on any atom is -0.324 e. The van der Waals surface area contributed by atoms with E-state index < -0.39 is 0 Å². The highest BCUT2D eigenvalue weighted by molar-refractivity contribution is 5.93. The van der Waals surface area contributed by atoms with E-state index in [1.165, 1.54) is 0 Å². The quantitative estimate of drug-likeness (QED) is 0.817. The van der Waals surface area contributed by atoms with Gasteiger partial charge in [-0.25, -0.2) is 9.97 Å². The first-order valence-electron chi connectivity index (χ1n) is 6.41. The van der Waals surface area contributed by atoms with Crippen LogP contribution in [0.4, 0.5) is 5.69 Å². The Morgan fingerprint density at radius 3 is 2.90 bits per heavy atom. The van der Waals surface area contributed by atoms with Crippen LogP contribution in [-0.2, 0) is 4.79 Å². The molecule has 0 saturated heterocycles. The Bertz CT molecular complexity index is 618. The van der Waals surface area contributed by atoms with Crippen LogP contribution in [0.5, 0.6) is 0 Å². The third-order valence-corrected chi connectivity index (χ3v) is 3.24. The van der Waals surface area contributed by atoms with E-state index in [9.17, 15) is 4.79 Å². The molecule has 6 nitrogen and oxygen atoms in total. The molecule has 2 aromatic heterocycles. The summed E-state index contributed by atoms with van der Waals surface area (Å²) in [5, 5.41) is 2.84. The van der Waals surface area contributed by atoms with Crippen LogP contribution in [0.1, 0.15) is 6.42 Å². The first kappa shape index (κ1) is 12.6. The molecule has 6 heteroatoms. The van der Waals surface area contributed by atoms with Crippen molar-refractivity contribution in [1.29, 1.82) is 0 Å². The molecule has 102 valence electrons. The fraction of sp³-hybridized carbons (Fsp3) is 0.214. The predicted octanol–water partition coefficient (Wildman–Crippen LogP) is 1.11. The van der Waals surface area contributed by atoms with Gasteiger partial charge in [0.15, 0.2) is 0 Å². The zero-order chi connectivity index (χ0) is 13.9. The third kappa shape index (κ3) is 2.60. The molecule has 0 spiro atoms. The molecule has 0 saturated carbocycles. The number of amides is 1. The fourth-order valence-electron chi connectivity index (χ4n) is 2.16. The van der Waals surface area contributed by atoms with Crippen molar-refractivity contribution in [2.24, 2.45) is 11.7 Å². The lowest BCUT2D eigenvalue weighted by molar-refractivity contribution is -0.118. The largest absolute Gasteiger partial charge is 0.324 e. The molecule has 3 rings (SSSR count). The highest BCUT2D eigenvalue weighted by atomic mass is 16.1. The maximum Gasteiger partial charge on any atom is 0.231 e. The van der Waals surface area contributed by atoms with Crippen molar-refractivity contribution >= 4 is 11.6 Å². The van der Waals surface area contributed by atoms with Gasteiger partial charge in [-0.15, -0.1) is 0 Å². The summed E-state index contributed by atoms with van der Waals surface area (Å²) in [5.41, 5.74) is 6.42. The van der Waals surface area contributed by atoms with Crippen LogP contribution < -0.4 is 11.1 Å². The van der Waals surface area contributed by atoms with E-state index in [2.05, 4.69) is 15.3 Å².